The van der Waals surface area contributed by atoms with Gasteiger partial charge >= 0.3 is 12.4 Å². The number of halogens is 6. The molecule has 2 atom stereocenters. The lowest BCUT2D eigenvalue weighted by atomic mass is 9.87. The average Bonchev–Trinajstić information content (AvgIpc) is 2.64. The molecular weight excluding hydrogens is 458 g/mol. The van der Waals surface area contributed by atoms with E-state index >= 15 is 0 Å². The van der Waals surface area contributed by atoms with Gasteiger partial charge in [-0.2, -0.15) is 26.3 Å². The molecule has 178 valence electrons. The summed E-state index contributed by atoms with van der Waals surface area (Å²) in [6, 6.07) is 6.91. The van der Waals surface area contributed by atoms with Crippen LogP contribution in [0.25, 0.3) is 10.8 Å². The van der Waals surface area contributed by atoms with Gasteiger partial charge in [-0.15, -0.1) is 0 Å². The van der Waals surface area contributed by atoms with Crippen LogP contribution in [-0.4, -0.2) is 28.6 Å². The minimum absolute atomic E-state index is 0.0364. The van der Waals surface area contributed by atoms with Crippen molar-refractivity contribution in [2.24, 2.45) is 5.92 Å². The molecule has 2 aromatic rings. The second-order valence-electron chi connectivity index (χ2n) is 8.21. The van der Waals surface area contributed by atoms with Crippen LogP contribution in [0.15, 0.2) is 30.3 Å². The van der Waals surface area contributed by atoms with Gasteiger partial charge in [0.25, 0.3) is 0 Å². The summed E-state index contributed by atoms with van der Waals surface area (Å²) in [6.07, 6.45) is -9.34. The van der Waals surface area contributed by atoms with E-state index in [1.54, 1.807) is 6.92 Å². The van der Waals surface area contributed by atoms with Crippen molar-refractivity contribution in [2.45, 2.75) is 57.2 Å². The maximum atomic E-state index is 13.9. The van der Waals surface area contributed by atoms with Crippen molar-refractivity contribution in [3.8, 4) is 5.75 Å². The molecule has 0 bridgehead atoms. The average molecular weight is 482 g/mol. The van der Waals surface area contributed by atoms with Crippen molar-refractivity contribution < 1.29 is 39.5 Å². The molecule has 1 fully saturated rings. The lowest BCUT2D eigenvalue weighted by molar-refractivity contribution is -0.185. The Balaban J connectivity index is 1.90. The first-order valence-corrected chi connectivity index (χ1v) is 12.1. The Bertz CT molecular complexity index is 1070. The second-order valence-corrected chi connectivity index (χ2v) is 10.3. The summed E-state index contributed by atoms with van der Waals surface area (Å²) < 4.78 is 103. The predicted octanol–water partition coefficient (Wildman–Crippen LogP) is 6.70. The first-order valence-electron chi connectivity index (χ1n) is 10.0. The van der Waals surface area contributed by atoms with Gasteiger partial charge in [0.15, 0.2) is 0 Å². The van der Waals surface area contributed by atoms with E-state index in [1.165, 1.54) is 36.6 Å². The fraction of sp³-hybridized carbons (Fsp3) is 0.500. The topological polar surface area (TPSA) is 35.5 Å². The molecule has 3 nitrogen and oxygen atoms in total. The number of rotatable bonds is 5. The Hall–Kier alpha value is -1.94. The van der Waals surface area contributed by atoms with E-state index in [4.69, 9.17) is 8.92 Å². The smallest absolute Gasteiger partial charge is 0.420 e. The van der Waals surface area contributed by atoms with E-state index in [9.17, 15) is 30.6 Å². The number of alkyl halides is 6. The van der Waals surface area contributed by atoms with Gasteiger partial charge in [0, 0.05) is 6.26 Å². The van der Waals surface area contributed by atoms with Gasteiger partial charge in [-0.25, -0.2) is 4.21 Å². The number of benzene rings is 2. The summed E-state index contributed by atoms with van der Waals surface area (Å²) >= 11 is 0. The Morgan fingerprint density at radius 2 is 1.66 bits per heavy atom. The number of hydrogen-bond acceptors (Lipinski definition) is 3. The van der Waals surface area contributed by atoms with Crippen molar-refractivity contribution in [1.82, 2.24) is 0 Å². The normalized spacial score (nSPS) is 23.0. The second kappa shape index (κ2) is 8.78. The van der Waals surface area contributed by atoms with Gasteiger partial charge in [-0.05, 0) is 66.9 Å². The summed E-state index contributed by atoms with van der Waals surface area (Å²) in [5, 5.41) is 0.187. The molecule has 1 aliphatic carbocycles. The maximum Gasteiger partial charge on any atom is 0.420 e. The van der Waals surface area contributed by atoms with E-state index in [-0.39, 0.29) is 36.5 Å². The van der Waals surface area contributed by atoms with Crippen LogP contribution in [-0.2, 0) is 20.2 Å². The molecule has 0 N–H and O–H groups in total. The molecule has 32 heavy (non-hydrogen) atoms. The van der Waals surface area contributed by atoms with Crippen LogP contribution in [0.4, 0.5) is 26.3 Å². The van der Waals surface area contributed by atoms with Gasteiger partial charge in [0.05, 0.1) is 27.9 Å². The highest BCUT2D eigenvalue weighted by molar-refractivity contribution is 7.95. The van der Waals surface area contributed by atoms with E-state index in [2.05, 4.69) is 5.87 Å². The fourth-order valence-electron chi connectivity index (χ4n) is 4.02. The number of ether oxygens (including phenoxy) is 1. The quantitative estimate of drug-likeness (QED) is 0.352. The van der Waals surface area contributed by atoms with Crippen molar-refractivity contribution in [3.63, 3.8) is 0 Å². The zero-order chi connectivity index (χ0) is 23.9. The van der Waals surface area contributed by atoms with Crippen LogP contribution in [0.1, 0.15) is 49.8 Å². The Morgan fingerprint density at radius 1 is 1.03 bits per heavy atom. The van der Waals surface area contributed by atoms with E-state index < -0.39 is 51.6 Å². The molecule has 3 rings (SSSR count). The van der Waals surface area contributed by atoms with Crippen LogP contribution in [0.2, 0.25) is 0 Å². The lowest BCUT2D eigenvalue weighted by Crippen LogP contribution is -2.32. The Morgan fingerprint density at radius 3 is 2.19 bits per heavy atom. The molecule has 0 heterocycles. The molecule has 2 aromatic carbocycles. The minimum Gasteiger partial charge on any atom is -0.490 e. The van der Waals surface area contributed by atoms with Crippen LogP contribution >= 0.6 is 0 Å². The zero-order valence-electron chi connectivity index (χ0n) is 17.6. The summed E-state index contributed by atoms with van der Waals surface area (Å²) in [4.78, 5) is 0. The third kappa shape index (κ3) is 5.89. The van der Waals surface area contributed by atoms with Gasteiger partial charge < -0.3 is 4.74 Å². The van der Waals surface area contributed by atoms with E-state index in [1.807, 2.05) is 0 Å². The lowest BCUT2D eigenvalue weighted by Gasteiger charge is -2.31. The minimum atomic E-state index is -4.73. The van der Waals surface area contributed by atoms with Crippen molar-refractivity contribution in [3.05, 3.63) is 41.5 Å². The summed E-state index contributed by atoms with van der Waals surface area (Å²) in [6.45, 7) is 1.62. The first-order chi connectivity index (χ1) is 14.6. The van der Waals surface area contributed by atoms with Gasteiger partial charge in [0.2, 0.25) is 0 Å². The molecule has 0 saturated heterocycles. The van der Waals surface area contributed by atoms with Crippen LogP contribution < -0.4 is 4.74 Å². The van der Waals surface area contributed by atoms with E-state index in [0.717, 1.165) is 0 Å². The monoisotopic (exact) mass is 482 g/mol. The molecule has 1 saturated carbocycles. The molecule has 0 aromatic heterocycles. The van der Waals surface area contributed by atoms with Crippen LogP contribution in [0.3, 0.4) is 0 Å². The standard InChI is InChI=1S/C22H24F6O3S/c1-13(31-32(2,3)29)14-4-10-18-15(12-14)5-11-19(20(18)22(26,27)28)30-17-8-6-16(7-9-17)21(23,24)25/h4-5,10-13,16-17H,2,6-9H2,1,3H3. The Labute approximate surface area is 182 Å². The molecule has 0 aliphatic heterocycles. The molecule has 1 aliphatic rings. The van der Waals surface area contributed by atoms with Crippen molar-refractivity contribution in [2.75, 3.05) is 6.26 Å². The Kier molecular flexibility index (Phi) is 6.77. The van der Waals surface area contributed by atoms with Crippen LogP contribution in [0.5, 0.6) is 5.75 Å². The molecular formula is C22H24F6O3S. The molecule has 2 unspecified atom stereocenters. The summed E-state index contributed by atoms with van der Waals surface area (Å²) in [5.74, 6) is 1.57. The molecule has 10 heteroatoms. The van der Waals surface area contributed by atoms with Crippen molar-refractivity contribution in [1.29, 1.82) is 0 Å². The number of hydrogen-bond donors (Lipinski definition) is 0. The molecule has 0 spiro atoms. The highest BCUT2D eigenvalue weighted by Gasteiger charge is 2.42. The summed E-state index contributed by atoms with van der Waals surface area (Å²) in [7, 11) is -2.76. The third-order valence-corrected chi connectivity index (χ3v) is 6.23. The van der Waals surface area contributed by atoms with Crippen molar-refractivity contribution >= 4 is 26.4 Å². The van der Waals surface area contributed by atoms with Gasteiger partial charge in [-0.1, -0.05) is 18.2 Å². The molecule has 0 amide bonds. The predicted molar refractivity (Wildman–Crippen MR) is 112 cm³/mol. The van der Waals surface area contributed by atoms with Crippen LogP contribution in [0, 0.1) is 5.92 Å². The SMILES string of the molecule is C=S(C)(=O)OC(C)c1ccc2c(C(F)(F)F)c(OC3CCC(C(F)(F)F)CC3)ccc2c1. The number of fused-ring (bicyclic) bond motifs is 1. The fourth-order valence-corrected chi connectivity index (χ4v) is 4.74. The summed E-state index contributed by atoms with van der Waals surface area (Å²) in [5.41, 5.74) is -0.437. The van der Waals surface area contributed by atoms with E-state index in [0.29, 0.717) is 5.56 Å². The zero-order valence-corrected chi connectivity index (χ0v) is 18.4. The largest absolute Gasteiger partial charge is 0.490 e. The highest BCUT2D eigenvalue weighted by atomic mass is 32.2. The van der Waals surface area contributed by atoms with Gasteiger partial charge in [-0.3, -0.25) is 4.18 Å². The van der Waals surface area contributed by atoms with Gasteiger partial charge in [0.1, 0.15) is 11.3 Å². The highest BCUT2D eigenvalue weighted by Crippen LogP contribution is 2.44. The third-order valence-electron chi connectivity index (χ3n) is 5.54. The maximum absolute atomic E-state index is 13.9. The molecule has 0 radical (unpaired) electrons. The first kappa shape index (κ1) is 24.7.